The van der Waals surface area contributed by atoms with Crippen molar-refractivity contribution < 1.29 is 23.8 Å². The van der Waals surface area contributed by atoms with E-state index in [2.05, 4.69) is 6.08 Å². The van der Waals surface area contributed by atoms with Gasteiger partial charge in [0.15, 0.2) is 5.41 Å². The molecule has 5 nitrogen and oxygen atoms in total. The largest absolute Gasteiger partial charge is 0.468 e. The summed E-state index contributed by atoms with van der Waals surface area (Å²) in [5, 5.41) is 0. The molecule has 0 aliphatic heterocycles. The fraction of sp³-hybridized carbons (Fsp3) is 0.750. The smallest absolute Gasteiger partial charge is 0.323 e. The molecule has 21 heavy (non-hydrogen) atoms. The van der Waals surface area contributed by atoms with Crippen LogP contribution in [0, 0.1) is 17.3 Å². The number of carbonyl (C=O) groups excluding carboxylic acids is 2. The van der Waals surface area contributed by atoms with Gasteiger partial charge in [0.25, 0.3) is 0 Å². The summed E-state index contributed by atoms with van der Waals surface area (Å²) in [6.45, 7) is 2.69. The van der Waals surface area contributed by atoms with Gasteiger partial charge in [-0.2, -0.15) is 0 Å². The highest BCUT2D eigenvalue weighted by molar-refractivity contribution is 6.01. The fourth-order valence-corrected chi connectivity index (χ4v) is 4.52. The SMILES string of the molecule is CCO[C@]12C=C3CC(C(=O)OC)(C(=O)OC)C[C@@H]3[C@H]1CC2. The van der Waals surface area contributed by atoms with Crippen LogP contribution in [0.1, 0.15) is 32.6 Å². The van der Waals surface area contributed by atoms with Crippen molar-refractivity contribution in [2.24, 2.45) is 17.3 Å². The number of allylic oxidation sites excluding steroid dienone is 1. The highest BCUT2D eigenvalue weighted by atomic mass is 16.5. The first-order valence-electron chi connectivity index (χ1n) is 7.55. The van der Waals surface area contributed by atoms with Crippen molar-refractivity contribution >= 4 is 11.9 Å². The Balaban J connectivity index is 1.91. The van der Waals surface area contributed by atoms with E-state index >= 15 is 0 Å². The number of methoxy groups -OCH3 is 2. The highest BCUT2D eigenvalue weighted by Crippen LogP contribution is 2.63. The third-order valence-corrected chi connectivity index (χ3v) is 5.51. The van der Waals surface area contributed by atoms with Gasteiger partial charge in [-0.25, -0.2) is 0 Å². The molecule has 5 heteroatoms. The van der Waals surface area contributed by atoms with Gasteiger partial charge >= 0.3 is 11.9 Å². The van der Waals surface area contributed by atoms with Gasteiger partial charge in [0, 0.05) is 6.61 Å². The second-order valence-corrected chi connectivity index (χ2v) is 6.31. The van der Waals surface area contributed by atoms with E-state index in [4.69, 9.17) is 14.2 Å². The van der Waals surface area contributed by atoms with Gasteiger partial charge in [-0.3, -0.25) is 9.59 Å². The van der Waals surface area contributed by atoms with E-state index in [1.54, 1.807) is 0 Å². The number of rotatable bonds is 4. The molecule has 3 aliphatic carbocycles. The van der Waals surface area contributed by atoms with Crippen LogP contribution >= 0.6 is 0 Å². The average molecular weight is 294 g/mol. The van der Waals surface area contributed by atoms with Gasteiger partial charge in [0.05, 0.1) is 19.8 Å². The average Bonchev–Trinajstić information content (AvgIpc) is 2.91. The number of hydrogen-bond acceptors (Lipinski definition) is 5. The minimum absolute atomic E-state index is 0.146. The van der Waals surface area contributed by atoms with Crippen molar-refractivity contribution in [2.75, 3.05) is 20.8 Å². The summed E-state index contributed by atoms with van der Waals surface area (Å²) in [5.74, 6) is -0.330. The predicted octanol–water partition coefficient (Wildman–Crippen LogP) is 1.85. The van der Waals surface area contributed by atoms with Gasteiger partial charge in [-0.05, 0) is 44.4 Å². The Labute approximate surface area is 124 Å². The Morgan fingerprint density at radius 1 is 1.29 bits per heavy atom. The van der Waals surface area contributed by atoms with E-state index < -0.39 is 17.4 Å². The van der Waals surface area contributed by atoms with E-state index in [0.29, 0.717) is 25.4 Å². The number of ether oxygens (including phenoxy) is 3. The Morgan fingerprint density at radius 2 is 1.95 bits per heavy atom. The number of esters is 2. The molecule has 0 aromatic heterocycles. The van der Waals surface area contributed by atoms with Gasteiger partial charge in [0.2, 0.25) is 0 Å². The summed E-state index contributed by atoms with van der Waals surface area (Å²) in [7, 11) is 2.65. The van der Waals surface area contributed by atoms with E-state index in [1.165, 1.54) is 19.8 Å². The molecule has 2 saturated carbocycles. The van der Waals surface area contributed by atoms with Gasteiger partial charge < -0.3 is 14.2 Å². The van der Waals surface area contributed by atoms with Crippen LogP contribution in [-0.2, 0) is 23.8 Å². The van der Waals surface area contributed by atoms with Crippen molar-refractivity contribution in [3.8, 4) is 0 Å². The topological polar surface area (TPSA) is 61.8 Å². The number of fused-ring (bicyclic) bond motifs is 3. The molecule has 3 aliphatic rings. The lowest BCUT2D eigenvalue weighted by atomic mass is 9.66. The molecule has 3 rings (SSSR count). The van der Waals surface area contributed by atoms with Crippen molar-refractivity contribution in [3.05, 3.63) is 11.6 Å². The summed E-state index contributed by atoms with van der Waals surface area (Å²) in [4.78, 5) is 24.4. The molecule has 0 N–H and O–H groups in total. The molecule has 0 spiro atoms. The molecule has 0 radical (unpaired) electrons. The predicted molar refractivity (Wildman–Crippen MR) is 74.4 cm³/mol. The van der Waals surface area contributed by atoms with Gasteiger partial charge in [-0.1, -0.05) is 11.6 Å². The first-order valence-corrected chi connectivity index (χ1v) is 7.55. The third kappa shape index (κ3) is 1.79. The molecule has 116 valence electrons. The highest BCUT2D eigenvalue weighted by Gasteiger charge is 2.64. The Bertz CT molecular complexity index is 493. The molecule has 2 fully saturated rings. The van der Waals surface area contributed by atoms with Crippen LogP contribution in [0.5, 0.6) is 0 Å². The summed E-state index contributed by atoms with van der Waals surface area (Å²) in [5.41, 5.74) is -0.136. The lowest BCUT2D eigenvalue weighted by molar-refractivity contribution is -0.170. The maximum atomic E-state index is 12.2. The zero-order valence-electron chi connectivity index (χ0n) is 12.8. The van der Waals surface area contributed by atoms with Crippen molar-refractivity contribution in [2.45, 2.75) is 38.2 Å². The molecule has 0 unspecified atom stereocenters. The van der Waals surface area contributed by atoms with E-state index in [-0.39, 0.29) is 11.5 Å². The van der Waals surface area contributed by atoms with Crippen molar-refractivity contribution in [1.82, 2.24) is 0 Å². The summed E-state index contributed by atoms with van der Waals surface area (Å²) >= 11 is 0. The first-order chi connectivity index (χ1) is 10.0. The number of hydrogen-bond donors (Lipinski definition) is 0. The summed E-state index contributed by atoms with van der Waals surface area (Å²) in [6.07, 6.45) is 5.18. The zero-order valence-corrected chi connectivity index (χ0v) is 12.8. The first kappa shape index (κ1) is 14.6. The van der Waals surface area contributed by atoms with Crippen molar-refractivity contribution in [3.63, 3.8) is 0 Å². The monoisotopic (exact) mass is 294 g/mol. The van der Waals surface area contributed by atoms with Gasteiger partial charge in [-0.15, -0.1) is 0 Å². The Morgan fingerprint density at radius 3 is 2.43 bits per heavy atom. The lowest BCUT2D eigenvalue weighted by Gasteiger charge is -2.46. The van der Waals surface area contributed by atoms with E-state index in [1.807, 2.05) is 6.92 Å². The molecular formula is C16H22O5. The molecule has 0 heterocycles. The van der Waals surface area contributed by atoms with Crippen molar-refractivity contribution in [1.29, 1.82) is 0 Å². The second-order valence-electron chi connectivity index (χ2n) is 6.31. The summed E-state index contributed by atoms with van der Waals surface area (Å²) in [6, 6.07) is 0. The lowest BCUT2D eigenvalue weighted by Crippen LogP contribution is -2.49. The van der Waals surface area contributed by atoms with Crippen LogP contribution in [-0.4, -0.2) is 38.4 Å². The normalized spacial score (nSPS) is 35.3. The van der Waals surface area contributed by atoms with Crippen LogP contribution in [0.3, 0.4) is 0 Å². The molecule has 0 aromatic rings. The molecule has 0 amide bonds. The van der Waals surface area contributed by atoms with Gasteiger partial charge in [0.1, 0.15) is 0 Å². The van der Waals surface area contributed by atoms with Crippen LogP contribution < -0.4 is 0 Å². The standard InChI is InChI=1S/C16H22O5/c1-4-21-16-6-5-12(16)11-9-15(13(17)19-2,14(18)20-3)7-10(11)8-16/h8,11-12H,4-7,9H2,1-3H3/t11-,12+,16+/m0/s1. The second kappa shape index (κ2) is 4.83. The zero-order chi connectivity index (χ0) is 15.3. The molecule has 0 saturated heterocycles. The third-order valence-electron chi connectivity index (χ3n) is 5.51. The van der Waals surface area contributed by atoms with E-state index in [0.717, 1.165) is 12.8 Å². The van der Waals surface area contributed by atoms with Crippen LogP contribution in [0.25, 0.3) is 0 Å². The quantitative estimate of drug-likeness (QED) is 0.450. The maximum Gasteiger partial charge on any atom is 0.323 e. The minimum Gasteiger partial charge on any atom is -0.468 e. The maximum absolute atomic E-state index is 12.2. The molecule has 0 bridgehead atoms. The fourth-order valence-electron chi connectivity index (χ4n) is 4.52. The van der Waals surface area contributed by atoms with E-state index in [9.17, 15) is 9.59 Å². The minimum atomic E-state index is -1.16. The summed E-state index contributed by atoms with van der Waals surface area (Å²) < 4.78 is 15.7. The Kier molecular flexibility index (Phi) is 3.35. The molecular weight excluding hydrogens is 272 g/mol. The van der Waals surface area contributed by atoms with Crippen LogP contribution in [0.2, 0.25) is 0 Å². The van der Waals surface area contributed by atoms with Crippen LogP contribution in [0.4, 0.5) is 0 Å². The molecule has 3 atom stereocenters. The van der Waals surface area contributed by atoms with Crippen LogP contribution in [0.15, 0.2) is 11.6 Å². The number of carbonyl (C=O) groups is 2. The molecule has 0 aromatic carbocycles. The Hall–Kier alpha value is -1.36.